The maximum absolute atomic E-state index is 14.0. The summed E-state index contributed by atoms with van der Waals surface area (Å²) in [6.07, 6.45) is 5.11. The van der Waals surface area contributed by atoms with Gasteiger partial charge in [0.15, 0.2) is 11.4 Å². The van der Waals surface area contributed by atoms with Gasteiger partial charge in [0.05, 0.1) is 22.7 Å². The van der Waals surface area contributed by atoms with Gasteiger partial charge in [-0.05, 0) is 38.0 Å². The van der Waals surface area contributed by atoms with Crippen LogP contribution in [-0.2, 0) is 4.79 Å². The minimum atomic E-state index is -0.726. The number of rotatable bonds is 5. The Balaban J connectivity index is 1.66. The number of fused-ring (bicyclic) bond motifs is 1. The van der Waals surface area contributed by atoms with Crippen LogP contribution in [0.15, 0.2) is 35.1 Å². The van der Waals surface area contributed by atoms with Crippen molar-refractivity contribution in [3.8, 4) is 5.75 Å². The van der Waals surface area contributed by atoms with E-state index in [2.05, 4.69) is 4.98 Å². The lowest BCUT2D eigenvalue weighted by Crippen LogP contribution is -2.43. The van der Waals surface area contributed by atoms with Gasteiger partial charge in [0.2, 0.25) is 11.7 Å². The normalized spacial score (nSPS) is 15.9. The SMILES string of the molecule is CC(N)C(=O)N1CC=C(c2coc3c(OC(C)c4c(Cl)ccc(F)c4Cl)c(N)ncc23)CC1. The number of pyridine rings is 1. The van der Waals surface area contributed by atoms with Crippen molar-refractivity contribution < 1.29 is 18.3 Å². The summed E-state index contributed by atoms with van der Waals surface area (Å²) in [7, 11) is 0. The third kappa shape index (κ3) is 4.38. The zero-order valence-electron chi connectivity index (χ0n) is 18.1. The van der Waals surface area contributed by atoms with Crippen LogP contribution in [0.5, 0.6) is 5.75 Å². The molecule has 174 valence electrons. The van der Waals surface area contributed by atoms with Crippen LogP contribution >= 0.6 is 23.2 Å². The van der Waals surface area contributed by atoms with Gasteiger partial charge >= 0.3 is 0 Å². The number of hydrogen-bond donors (Lipinski definition) is 2. The lowest BCUT2D eigenvalue weighted by Gasteiger charge is -2.27. The highest BCUT2D eigenvalue weighted by Crippen LogP contribution is 2.41. The molecule has 0 radical (unpaired) electrons. The summed E-state index contributed by atoms with van der Waals surface area (Å²) in [6, 6.07) is 2.07. The van der Waals surface area contributed by atoms with Crippen molar-refractivity contribution in [3.05, 3.63) is 57.7 Å². The van der Waals surface area contributed by atoms with Crippen molar-refractivity contribution in [3.63, 3.8) is 0 Å². The van der Waals surface area contributed by atoms with Gasteiger partial charge in [-0.25, -0.2) is 9.37 Å². The Morgan fingerprint density at radius 3 is 2.76 bits per heavy atom. The van der Waals surface area contributed by atoms with E-state index in [9.17, 15) is 9.18 Å². The van der Waals surface area contributed by atoms with Crippen molar-refractivity contribution in [2.24, 2.45) is 5.73 Å². The molecule has 4 N–H and O–H groups in total. The molecule has 2 unspecified atom stereocenters. The van der Waals surface area contributed by atoms with E-state index in [1.807, 2.05) is 6.08 Å². The zero-order valence-corrected chi connectivity index (χ0v) is 19.6. The van der Waals surface area contributed by atoms with Crippen LogP contribution < -0.4 is 16.2 Å². The van der Waals surface area contributed by atoms with E-state index in [1.165, 1.54) is 12.1 Å². The van der Waals surface area contributed by atoms with Crippen LogP contribution in [0.1, 0.15) is 37.5 Å². The molecular formula is C23H23Cl2FN4O3. The van der Waals surface area contributed by atoms with Gasteiger partial charge in [0.1, 0.15) is 11.9 Å². The first-order valence-electron chi connectivity index (χ1n) is 10.4. The largest absolute Gasteiger partial charge is 0.478 e. The van der Waals surface area contributed by atoms with Crippen molar-refractivity contribution >= 4 is 51.5 Å². The number of furan rings is 1. The standard InChI is InChI=1S/C23H23Cl2FN4O3/c1-11(27)23(31)30-7-5-13(6-8-30)15-10-32-20-14(15)9-29-22(28)21(20)33-12(2)18-16(24)3-4-17(26)19(18)25/h3-5,9-12H,6-8,27H2,1-2H3,(H2,28,29). The first kappa shape index (κ1) is 23.4. The van der Waals surface area contributed by atoms with E-state index in [0.29, 0.717) is 36.0 Å². The van der Waals surface area contributed by atoms with E-state index in [0.717, 1.165) is 11.1 Å². The quantitative estimate of drug-likeness (QED) is 0.487. The summed E-state index contributed by atoms with van der Waals surface area (Å²) in [5.74, 6) is -0.355. The van der Waals surface area contributed by atoms with E-state index < -0.39 is 18.0 Å². The second-order valence-electron chi connectivity index (χ2n) is 7.93. The van der Waals surface area contributed by atoms with Crippen molar-refractivity contribution in [1.82, 2.24) is 9.88 Å². The third-order valence-corrected chi connectivity index (χ3v) is 6.35. The highest BCUT2D eigenvalue weighted by molar-refractivity contribution is 6.36. The summed E-state index contributed by atoms with van der Waals surface area (Å²) in [5, 5.41) is 0.860. The fourth-order valence-corrected chi connectivity index (χ4v) is 4.57. The first-order chi connectivity index (χ1) is 15.7. The van der Waals surface area contributed by atoms with Crippen molar-refractivity contribution in [2.75, 3.05) is 18.8 Å². The molecule has 33 heavy (non-hydrogen) atoms. The summed E-state index contributed by atoms with van der Waals surface area (Å²) >= 11 is 12.4. The number of halogens is 3. The van der Waals surface area contributed by atoms with Gasteiger partial charge in [0, 0.05) is 35.4 Å². The van der Waals surface area contributed by atoms with Gasteiger partial charge in [-0.2, -0.15) is 0 Å². The molecule has 1 aromatic carbocycles. The number of ether oxygens (including phenoxy) is 1. The number of nitrogens with two attached hydrogens (primary N) is 2. The fraction of sp³-hybridized carbons (Fsp3) is 0.304. The van der Waals surface area contributed by atoms with Crippen LogP contribution in [0.4, 0.5) is 10.2 Å². The molecule has 10 heteroatoms. The molecule has 0 bridgehead atoms. The highest BCUT2D eigenvalue weighted by atomic mass is 35.5. The molecule has 0 saturated carbocycles. The van der Waals surface area contributed by atoms with Gasteiger partial charge in [-0.3, -0.25) is 4.79 Å². The molecule has 4 rings (SSSR count). The average molecular weight is 493 g/mol. The van der Waals surface area contributed by atoms with E-state index in [4.69, 9.17) is 43.8 Å². The lowest BCUT2D eigenvalue weighted by molar-refractivity contribution is -0.131. The molecule has 1 aliphatic heterocycles. The number of hydrogen-bond acceptors (Lipinski definition) is 6. The van der Waals surface area contributed by atoms with Gasteiger partial charge in [-0.1, -0.05) is 29.3 Å². The maximum Gasteiger partial charge on any atom is 0.239 e. The number of nitrogens with zero attached hydrogens (tertiary/aromatic N) is 2. The molecule has 2 atom stereocenters. The van der Waals surface area contributed by atoms with Crippen molar-refractivity contribution in [2.45, 2.75) is 32.4 Å². The Kier molecular flexibility index (Phi) is 6.52. The fourth-order valence-electron chi connectivity index (χ4n) is 3.90. The smallest absolute Gasteiger partial charge is 0.239 e. The molecule has 2 aromatic heterocycles. The molecule has 0 fully saturated rings. The van der Waals surface area contributed by atoms with Crippen LogP contribution in [-0.4, -0.2) is 34.9 Å². The van der Waals surface area contributed by atoms with E-state index >= 15 is 0 Å². The molecular weight excluding hydrogens is 470 g/mol. The molecule has 1 aliphatic rings. The number of anilines is 1. The minimum absolute atomic E-state index is 0.0869. The zero-order chi connectivity index (χ0) is 23.9. The molecule has 3 heterocycles. The van der Waals surface area contributed by atoms with Crippen LogP contribution in [0.25, 0.3) is 16.5 Å². The van der Waals surface area contributed by atoms with Gasteiger partial charge < -0.3 is 25.5 Å². The van der Waals surface area contributed by atoms with Gasteiger partial charge in [0.25, 0.3) is 0 Å². The Morgan fingerprint density at radius 2 is 2.09 bits per heavy atom. The first-order valence-corrected chi connectivity index (χ1v) is 11.1. The second-order valence-corrected chi connectivity index (χ2v) is 8.72. The number of aromatic nitrogens is 1. The number of benzene rings is 1. The minimum Gasteiger partial charge on any atom is -0.478 e. The number of carbonyl (C=O) groups is 1. The van der Waals surface area contributed by atoms with Crippen LogP contribution in [0.2, 0.25) is 10.0 Å². The lowest BCUT2D eigenvalue weighted by atomic mass is 9.99. The van der Waals surface area contributed by atoms with Crippen LogP contribution in [0.3, 0.4) is 0 Å². The monoisotopic (exact) mass is 492 g/mol. The summed E-state index contributed by atoms with van der Waals surface area (Å²) in [4.78, 5) is 18.1. The Labute approximate surface area is 200 Å². The molecule has 1 amide bonds. The predicted octanol–water partition coefficient (Wildman–Crippen LogP) is 4.96. The second kappa shape index (κ2) is 9.21. The third-order valence-electron chi connectivity index (χ3n) is 5.64. The topological polar surface area (TPSA) is 108 Å². The van der Waals surface area contributed by atoms with E-state index in [1.54, 1.807) is 31.2 Å². The molecule has 0 saturated heterocycles. The Hall–Kier alpha value is -2.81. The number of nitrogen functional groups attached to an aromatic ring is 1. The summed E-state index contributed by atoms with van der Waals surface area (Å²) in [5.41, 5.74) is 14.4. The van der Waals surface area contributed by atoms with Crippen LogP contribution in [0, 0.1) is 5.82 Å². The summed E-state index contributed by atoms with van der Waals surface area (Å²) in [6.45, 7) is 4.37. The molecule has 7 nitrogen and oxygen atoms in total. The Morgan fingerprint density at radius 1 is 1.33 bits per heavy atom. The average Bonchev–Trinajstić information content (AvgIpc) is 3.22. The maximum atomic E-state index is 14.0. The molecule has 0 aliphatic carbocycles. The van der Waals surface area contributed by atoms with Crippen molar-refractivity contribution in [1.29, 1.82) is 0 Å². The van der Waals surface area contributed by atoms with E-state index in [-0.39, 0.29) is 27.5 Å². The summed E-state index contributed by atoms with van der Waals surface area (Å²) < 4.78 is 25.8. The molecule has 3 aromatic rings. The number of carbonyl (C=O) groups excluding carboxylic acids is 1. The Bertz CT molecular complexity index is 1260. The van der Waals surface area contributed by atoms with Gasteiger partial charge in [-0.15, -0.1) is 0 Å². The number of amides is 1. The molecule has 0 spiro atoms. The highest BCUT2D eigenvalue weighted by Gasteiger charge is 2.25. The predicted molar refractivity (Wildman–Crippen MR) is 127 cm³/mol.